The van der Waals surface area contributed by atoms with Crippen LogP contribution in [0.15, 0.2) is 48.5 Å². The monoisotopic (exact) mass is 623 g/mol. The van der Waals surface area contributed by atoms with Crippen molar-refractivity contribution in [3.8, 4) is 0 Å². The SMILES string of the molecule is CN1C[C@@H](NC(=O)[C@@H](Cc2ccc(Cl)cc2)NC(=O)[C@H]2Cc3ccccc3CN2)C[C@H]1C(=O)N1CCCCC1.Cl.Cl. The predicted molar refractivity (Wildman–Crippen MR) is 166 cm³/mol. The molecule has 0 unspecified atom stereocenters. The molecular weight excluding hydrogens is 585 g/mol. The molecule has 0 aromatic heterocycles. The average molecular weight is 625 g/mol. The number of fused-ring (bicyclic) bond motifs is 1. The zero-order valence-electron chi connectivity index (χ0n) is 23.3. The molecule has 2 saturated heterocycles. The van der Waals surface area contributed by atoms with E-state index in [4.69, 9.17) is 11.6 Å². The number of hydrogen-bond donors (Lipinski definition) is 3. The highest BCUT2D eigenvalue weighted by Crippen LogP contribution is 2.21. The largest absolute Gasteiger partial charge is 0.350 e. The van der Waals surface area contributed by atoms with Gasteiger partial charge in [-0.05, 0) is 68.0 Å². The fraction of sp³-hybridized carbons (Fsp3) is 0.500. The van der Waals surface area contributed by atoms with Crippen molar-refractivity contribution in [3.63, 3.8) is 0 Å². The number of halogens is 3. The van der Waals surface area contributed by atoms with Crippen LogP contribution in [0.1, 0.15) is 42.4 Å². The lowest BCUT2D eigenvalue weighted by molar-refractivity contribution is -0.136. The van der Waals surface area contributed by atoms with Crippen LogP contribution in [0.25, 0.3) is 0 Å². The number of likely N-dealkylation sites (tertiary alicyclic amines) is 2. The summed E-state index contributed by atoms with van der Waals surface area (Å²) in [6.45, 7) is 2.84. The Morgan fingerprint density at radius 3 is 2.39 bits per heavy atom. The fourth-order valence-corrected chi connectivity index (χ4v) is 6.12. The van der Waals surface area contributed by atoms with E-state index < -0.39 is 12.1 Å². The van der Waals surface area contributed by atoms with E-state index in [0.29, 0.717) is 37.4 Å². The lowest BCUT2D eigenvalue weighted by Crippen LogP contribution is -2.56. The number of nitrogens with zero attached hydrogens (tertiary/aromatic N) is 2. The van der Waals surface area contributed by atoms with Crippen LogP contribution in [0.2, 0.25) is 5.02 Å². The second kappa shape index (κ2) is 15.2. The van der Waals surface area contributed by atoms with E-state index in [1.807, 2.05) is 47.2 Å². The molecule has 224 valence electrons. The molecule has 0 radical (unpaired) electrons. The van der Waals surface area contributed by atoms with Gasteiger partial charge >= 0.3 is 0 Å². The first kappa shape index (κ1) is 33.1. The maximum absolute atomic E-state index is 13.6. The van der Waals surface area contributed by atoms with Gasteiger partial charge in [-0.2, -0.15) is 0 Å². The highest BCUT2D eigenvalue weighted by atomic mass is 35.5. The molecule has 3 aliphatic heterocycles. The van der Waals surface area contributed by atoms with Crippen LogP contribution in [0.4, 0.5) is 0 Å². The summed E-state index contributed by atoms with van der Waals surface area (Å²) in [6, 6.07) is 13.9. The molecule has 0 saturated carbocycles. The smallest absolute Gasteiger partial charge is 0.243 e. The van der Waals surface area contributed by atoms with Crippen molar-refractivity contribution < 1.29 is 14.4 Å². The Balaban J connectivity index is 0.00000231. The Morgan fingerprint density at radius 1 is 1.00 bits per heavy atom. The van der Waals surface area contributed by atoms with Gasteiger partial charge in [-0.25, -0.2) is 0 Å². The van der Waals surface area contributed by atoms with Gasteiger partial charge in [-0.3, -0.25) is 19.3 Å². The topological polar surface area (TPSA) is 93.8 Å². The van der Waals surface area contributed by atoms with E-state index in [2.05, 4.69) is 22.0 Å². The zero-order chi connectivity index (χ0) is 27.4. The highest BCUT2D eigenvalue weighted by molar-refractivity contribution is 6.30. The molecule has 3 N–H and O–H groups in total. The number of carbonyl (C=O) groups is 3. The molecule has 11 heteroatoms. The van der Waals surface area contributed by atoms with Crippen molar-refractivity contribution >= 4 is 54.1 Å². The molecule has 3 heterocycles. The van der Waals surface area contributed by atoms with Crippen LogP contribution < -0.4 is 16.0 Å². The van der Waals surface area contributed by atoms with Crippen molar-refractivity contribution in [2.24, 2.45) is 0 Å². The van der Waals surface area contributed by atoms with E-state index in [-0.39, 0.29) is 54.6 Å². The molecule has 2 aromatic carbocycles. The van der Waals surface area contributed by atoms with Gasteiger partial charge in [0.05, 0.1) is 12.1 Å². The minimum absolute atomic E-state index is 0. The summed E-state index contributed by atoms with van der Waals surface area (Å²) < 4.78 is 0. The molecule has 5 rings (SSSR count). The van der Waals surface area contributed by atoms with Crippen LogP contribution in [-0.2, 0) is 33.8 Å². The Labute approximate surface area is 259 Å². The Morgan fingerprint density at radius 2 is 1.68 bits per heavy atom. The molecule has 3 amide bonds. The molecule has 3 aliphatic rings. The average Bonchev–Trinajstić information content (AvgIpc) is 3.32. The van der Waals surface area contributed by atoms with Crippen LogP contribution in [-0.4, -0.2) is 78.4 Å². The standard InChI is InChI=1S/C30H38ClN5O3.2ClH/c1-35-19-24(17-27(35)30(39)36-13-5-2-6-14-36)33-29(38)26(15-20-9-11-23(31)12-10-20)34-28(37)25-16-21-7-3-4-8-22(21)18-32-25;;/h3-4,7-12,24-27,32H,2,5-6,13-19H2,1H3,(H,33,38)(H,34,37);2*1H/t24-,25+,26+,27-;;/m0../s1. The Bertz CT molecular complexity index is 1190. The number of benzene rings is 2. The normalized spacial score (nSPS) is 22.9. The maximum atomic E-state index is 13.6. The molecule has 2 aromatic rings. The van der Waals surface area contributed by atoms with E-state index >= 15 is 0 Å². The zero-order valence-corrected chi connectivity index (χ0v) is 25.7. The van der Waals surface area contributed by atoms with Crippen LogP contribution >= 0.6 is 36.4 Å². The van der Waals surface area contributed by atoms with E-state index in [9.17, 15) is 14.4 Å². The number of piperidine rings is 1. The van der Waals surface area contributed by atoms with Gasteiger partial charge in [0.25, 0.3) is 0 Å². The van der Waals surface area contributed by atoms with Gasteiger partial charge in [0.2, 0.25) is 17.7 Å². The molecule has 41 heavy (non-hydrogen) atoms. The van der Waals surface area contributed by atoms with Gasteiger partial charge in [0, 0.05) is 43.7 Å². The number of nitrogens with one attached hydrogen (secondary N) is 3. The van der Waals surface area contributed by atoms with Crippen molar-refractivity contribution in [2.75, 3.05) is 26.7 Å². The van der Waals surface area contributed by atoms with Crippen LogP contribution in [0.5, 0.6) is 0 Å². The van der Waals surface area contributed by atoms with Gasteiger partial charge in [0.15, 0.2) is 0 Å². The second-order valence-corrected chi connectivity index (χ2v) is 11.5. The molecule has 2 fully saturated rings. The second-order valence-electron chi connectivity index (χ2n) is 11.1. The molecule has 0 spiro atoms. The summed E-state index contributed by atoms with van der Waals surface area (Å²) in [5.74, 6) is -0.275. The van der Waals surface area contributed by atoms with Crippen LogP contribution in [0, 0.1) is 0 Å². The van der Waals surface area contributed by atoms with E-state index in [0.717, 1.165) is 37.1 Å². The van der Waals surface area contributed by atoms with Gasteiger partial charge in [0.1, 0.15) is 6.04 Å². The van der Waals surface area contributed by atoms with Crippen molar-refractivity contribution in [2.45, 2.75) is 69.2 Å². The molecular formula is C30H40Cl3N5O3. The van der Waals surface area contributed by atoms with Crippen LogP contribution in [0.3, 0.4) is 0 Å². The molecule has 0 aliphatic carbocycles. The quantitative estimate of drug-likeness (QED) is 0.440. The Kier molecular flexibility index (Phi) is 12.3. The fourth-order valence-electron chi connectivity index (χ4n) is 6.00. The highest BCUT2D eigenvalue weighted by Gasteiger charge is 2.38. The number of hydrogen-bond acceptors (Lipinski definition) is 5. The maximum Gasteiger partial charge on any atom is 0.243 e. The first-order chi connectivity index (χ1) is 18.9. The van der Waals surface area contributed by atoms with E-state index in [1.54, 1.807) is 12.1 Å². The minimum Gasteiger partial charge on any atom is -0.350 e. The summed E-state index contributed by atoms with van der Waals surface area (Å²) in [4.78, 5) is 44.1. The molecule has 4 atom stereocenters. The number of amides is 3. The third-order valence-corrected chi connectivity index (χ3v) is 8.48. The third kappa shape index (κ3) is 8.36. The van der Waals surface area contributed by atoms with E-state index in [1.165, 1.54) is 12.0 Å². The van der Waals surface area contributed by atoms with Gasteiger partial charge in [-0.15, -0.1) is 24.8 Å². The number of likely N-dealkylation sites (N-methyl/N-ethyl adjacent to an activating group) is 1. The lowest BCUT2D eigenvalue weighted by Gasteiger charge is -2.31. The molecule has 0 bridgehead atoms. The summed E-state index contributed by atoms with van der Waals surface area (Å²) in [5.41, 5.74) is 3.24. The summed E-state index contributed by atoms with van der Waals surface area (Å²) in [5, 5.41) is 10.1. The van der Waals surface area contributed by atoms with Crippen molar-refractivity contribution in [3.05, 3.63) is 70.2 Å². The minimum atomic E-state index is -0.750. The number of rotatable bonds is 7. The third-order valence-electron chi connectivity index (χ3n) is 8.23. The predicted octanol–water partition coefficient (Wildman–Crippen LogP) is 3.13. The number of carbonyl (C=O) groups excluding carboxylic acids is 3. The summed E-state index contributed by atoms with van der Waals surface area (Å²) >= 11 is 6.07. The lowest BCUT2D eigenvalue weighted by atomic mass is 9.95. The van der Waals surface area contributed by atoms with Gasteiger partial charge < -0.3 is 20.9 Å². The Hall–Kier alpha value is -2.36. The van der Waals surface area contributed by atoms with Gasteiger partial charge in [-0.1, -0.05) is 48.0 Å². The van der Waals surface area contributed by atoms with Crippen molar-refractivity contribution in [1.82, 2.24) is 25.8 Å². The summed E-state index contributed by atoms with van der Waals surface area (Å²) in [6.07, 6.45) is 4.76. The van der Waals surface area contributed by atoms with Crippen molar-refractivity contribution in [1.29, 1.82) is 0 Å². The molecule has 8 nitrogen and oxygen atoms in total. The first-order valence-corrected chi connectivity index (χ1v) is 14.4. The first-order valence-electron chi connectivity index (χ1n) is 14.0. The summed E-state index contributed by atoms with van der Waals surface area (Å²) in [7, 11) is 1.94.